The second kappa shape index (κ2) is 6.26. The number of carbonyl (C=O) groups is 1. The zero-order valence-electron chi connectivity index (χ0n) is 13.2. The van der Waals surface area contributed by atoms with Crippen molar-refractivity contribution in [2.45, 2.75) is 25.3 Å². The first-order valence-electron chi connectivity index (χ1n) is 8.09. The highest BCUT2D eigenvalue weighted by atomic mass is 79.9. The molecule has 128 valence electrons. The maximum Gasteiger partial charge on any atom is 0.257 e. The molecule has 1 aliphatic rings. The number of hydrogen-bond donors (Lipinski definition) is 2. The van der Waals surface area contributed by atoms with Gasteiger partial charge in [-0.25, -0.2) is 8.78 Å². The summed E-state index contributed by atoms with van der Waals surface area (Å²) in [5.41, 5.74) is 2.53. The fourth-order valence-corrected chi connectivity index (χ4v) is 3.89. The van der Waals surface area contributed by atoms with Crippen molar-refractivity contribution in [1.29, 1.82) is 0 Å². The van der Waals surface area contributed by atoms with Crippen molar-refractivity contribution in [3.8, 4) is 0 Å². The van der Waals surface area contributed by atoms with E-state index >= 15 is 0 Å². The van der Waals surface area contributed by atoms with Gasteiger partial charge in [0, 0.05) is 21.1 Å². The number of rotatable bonds is 2. The van der Waals surface area contributed by atoms with Crippen LogP contribution in [0.15, 0.2) is 40.9 Å². The largest absolute Gasteiger partial charge is 0.356 e. The molecule has 6 heteroatoms. The van der Waals surface area contributed by atoms with Crippen molar-refractivity contribution in [3.05, 3.63) is 69.3 Å². The highest BCUT2D eigenvalue weighted by Gasteiger charge is 2.27. The number of aromatic nitrogens is 1. The van der Waals surface area contributed by atoms with Crippen LogP contribution in [-0.4, -0.2) is 10.9 Å². The Morgan fingerprint density at radius 1 is 1.20 bits per heavy atom. The smallest absolute Gasteiger partial charge is 0.257 e. The second-order valence-corrected chi connectivity index (χ2v) is 7.14. The first kappa shape index (κ1) is 16.3. The summed E-state index contributed by atoms with van der Waals surface area (Å²) >= 11 is 3.48. The topological polar surface area (TPSA) is 44.9 Å². The van der Waals surface area contributed by atoms with Crippen molar-refractivity contribution < 1.29 is 13.6 Å². The number of nitrogens with one attached hydrogen (secondary N) is 2. The molecule has 1 aliphatic carbocycles. The Morgan fingerprint density at radius 3 is 2.72 bits per heavy atom. The minimum atomic E-state index is -0.853. The molecule has 0 aliphatic heterocycles. The average Bonchev–Trinajstić information content (AvgIpc) is 2.94. The predicted octanol–water partition coefficient (Wildman–Crippen LogP) is 5.02. The first-order valence-corrected chi connectivity index (χ1v) is 8.89. The van der Waals surface area contributed by atoms with Gasteiger partial charge in [-0.3, -0.25) is 4.79 Å². The van der Waals surface area contributed by atoms with E-state index in [2.05, 4.69) is 26.2 Å². The minimum absolute atomic E-state index is 0.290. The van der Waals surface area contributed by atoms with E-state index in [1.54, 1.807) is 0 Å². The summed E-state index contributed by atoms with van der Waals surface area (Å²) in [6, 6.07) is 9.11. The van der Waals surface area contributed by atoms with E-state index in [0.29, 0.717) is 0 Å². The van der Waals surface area contributed by atoms with Gasteiger partial charge < -0.3 is 10.3 Å². The third kappa shape index (κ3) is 2.84. The van der Waals surface area contributed by atoms with Crippen LogP contribution in [0.4, 0.5) is 8.78 Å². The number of amides is 1. The molecule has 0 saturated carbocycles. The summed E-state index contributed by atoms with van der Waals surface area (Å²) in [6.07, 6.45) is 2.53. The van der Waals surface area contributed by atoms with Crippen LogP contribution in [-0.2, 0) is 6.42 Å². The molecule has 1 unspecified atom stereocenters. The minimum Gasteiger partial charge on any atom is -0.356 e. The quantitative estimate of drug-likeness (QED) is 0.618. The summed E-state index contributed by atoms with van der Waals surface area (Å²) in [4.78, 5) is 15.8. The number of aryl methyl sites for hydroxylation is 1. The normalized spacial score (nSPS) is 16.7. The number of fused-ring (bicyclic) bond motifs is 3. The number of halogens is 3. The molecule has 1 atom stereocenters. The third-order valence-electron chi connectivity index (χ3n) is 4.66. The standard InChI is InChI=1S/C19H15BrF2N2O/c20-10-7-8-15-12(9-10)11-3-1-6-16(18(11)23-15)24-19(25)17-13(21)4-2-5-14(17)22/h2,4-5,7-9,16,23H,1,3,6H2,(H,24,25). The van der Waals surface area contributed by atoms with Gasteiger partial charge >= 0.3 is 0 Å². The lowest BCUT2D eigenvalue weighted by Crippen LogP contribution is -2.32. The van der Waals surface area contributed by atoms with Crippen LogP contribution < -0.4 is 5.32 Å². The monoisotopic (exact) mass is 404 g/mol. The number of carbonyl (C=O) groups excluding carboxylic acids is 1. The molecule has 0 fully saturated rings. The number of H-pyrrole nitrogens is 1. The van der Waals surface area contributed by atoms with Crippen LogP contribution in [0.2, 0.25) is 0 Å². The highest BCUT2D eigenvalue weighted by Crippen LogP contribution is 2.36. The zero-order chi connectivity index (χ0) is 17.6. The summed E-state index contributed by atoms with van der Waals surface area (Å²) < 4.78 is 28.7. The van der Waals surface area contributed by atoms with Gasteiger partial charge in [-0.05, 0) is 55.2 Å². The van der Waals surface area contributed by atoms with Gasteiger partial charge in [0.05, 0.1) is 6.04 Å². The third-order valence-corrected chi connectivity index (χ3v) is 5.16. The molecule has 2 N–H and O–H groups in total. The molecule has 0 bridgehead atoms. The maximum atomic E-state index is 13.8. The van der Waals surface area contributed by atoms with Crippen LogP contribution in [0.3, 0.4) is 0 Å². The van der Waals surface area contributed by atoms with E-state index in [-0.39, 0.29) is 6.04 Å². The van der Waals surface area contributed by atoms with E-state index in [9.17, 15) is 13.6 Å². The summed E-state index contributed by atoms with van der Waals surface area (Å²) in [5, 5.41) is 3.90. The van der Waals surface area contributed by atoms with Crippen molar-refractivity contribution in [1.82, 2.24) is 10.3 Å². The predicted molar refractivity (Wildman–Crippen MR) is 95.5 cm³/mol. The maximum absolute atomic E-state index is 13.8. The zero-order valence-corrected chi connectivity index (χ0v) is 14.8. The Balaban J connectivity index is 1.70. The highest BCUT2D eigenvalue weighted by molar-refractivity contribution is 9.10. The fourth-order valence-electron chi connectivity index (χ4n) is 3.52. The van der Waals surface area contributed by atoms with Crippen molar-refractivity contribution in [2.75, 3.05) is 0 Å². The number of benzene rings is 2. The Kier molecular flexibility index (Phi) is 4.07. The van der Waals surface area contributed by atoms with E-state index < -0.39 is 23.1 Å². The molecule has 1 amide bonds. The number of hydrogen-bond acceptors (Lipinski definition) is 1. The van der Waals surface area contributed by atoms with Crippen molar-refractivity contribution in [3.63, 3.8) is 0 Å². The molecular formula is C19H15BrF2N2O. The van der Waals surface area contributed by atoms with Gasteiger partial charge in [-0.1, -0.05) is 22.0 Å². The Hall–Kier alpha value is -2.21. The molecule has 1 heterocycles. The van der Waals surface area contributed by atoms with E-state index in [1.807, 2.05) is 18.2 Å². The molecule has 0 saturated heterocycles. The van der Waals surface area contributed by atoms with Gasteiger partial charge in [-0.2, -0.15) is 0 Å². The SMILES string of the molecule is O=C(NC1CCCc2c1[nH]c1ccc(Br)cc21)c1c(F)cccc1F. The van der Waals surface area contributed by atoms with Crippen LogP contribution in [0.5, 0.6) is 0 Å². The lowest BCUT2D eigenvalue weighted by molar-refractivity contribution is 0.0923. The second-order valence-electron chi connectivity index (χ2n) is 6.22. The molecule has 2 aromatic carbocycles. The van der Waals surface area contributed by atoms with Crippen molar-refractivity contribution in [2.24, 2.45) is 0 Å². The summed E-state index contributed by atoms with van der Waals surface area (Å²) in [6.45, 7) is 0. The fraction of sp³-hybridized carbons (Fsp3) is 0.211. The lowest BCUT2D eigenvalue weighted by atomic mass is 9.91. The molecule has 1 aromatic heterocycles. The Labute approximate surface area is 151 Å². The van der Waals surface area contributed by atoms with Gasteiger partial charge in [0.2, 0.25) is 0 Å². The average molecular weight is 405 g/mol. The van der Waals surface area contributed by atoms with Crippen LogP contribution in [0.1, 0.15) is 40.5 Å². The lowest BCUT2D eigenvalue weighted by Gasteiger charge is -2.24. The van der Waals surface area contributed by atoms with Gasteiger partial charge in [0.1, 0.15) is 17.2 Å². The molecule has 3 nitrogen and oxygen atoms in total. The van der Waals surface area contributed by atoms with Crippen LogP contribution in [0, 0.1) is 11.6 Å². The molecule has 0 spiro atoms. The molecule has 4 rings (SSSR count). The van der Waals surface area contributed by atoms with E-state index in [0.717, 1.165) is 58.0 Å². The van der Waals surface area contributed by atoms with Gasteiger partial charge in [-0.15, -0.1) is 0 Å². The summed E-state index contributed by atoms with van der Waals surface area (Å²) in [5.74, 6) is -2.43. The molecular weight excluding hydrogens is 390 g/mol. The van der Waals surface area contributed by atoms with Gasteiger partial charge in [0.25, 0.3) is 5.91 Å². The first-order chi connectivity index (χ1) is 12.0. The number of aromatic amines is 1. The Bertz CT molecular complexity index is 963. The molecule has 25 heavy (non-hydrogen) atoms. The van der Waals surface area contributed by atoms with Crippen molar-refractivity contribution >= 4 is 32.7 Å². The molecule has 3 aromatic rings. The summed E-state index contributed by atoms with van der Waals surface area (Å²) in [7, 11) is 0. The van der Waals surface area contributed by atoms with Crippen LogP contribution >= 0.6 is 15.9 Å². The van der Waals surface area contributed by atoms with Crippen LogP contribution in [0.25, 0.3) is 10.9 Å². The van der Waals surface area contributed by atoms with E-state index in [4.69, 9.17) is 0 Å². The molecule has 0 radical (unpaired) electrons. The Morgan fingerprint density at radius 2 is 1.96 bits per heavy atom. The van der Waals surface area contributed by atoms with Gasteiger partial charge in [0.15, 0.2) is 0 Å². The van der Waals surface area contributed by atoms with E-state index in [1.165, 1.54) is 6.07 Å².